The number of benzene rings is 5. The predicted molar refractivity (Wildman–Crippen MR) is 211 cm³/mol. The van der Waals surface area contributed by atoms with E-state index in [4.69, 9.17) is 4.42 Å². The molecule has 0 atom stereocenters. The lowest BCUT2D eigenvalue weighted by Gasteiger charge is -2.31. The molecule has 55 heavy (non-hydrogen) atoms. The summed E-state index contributed by atoms with van der Waals surface area (Å²) in [4.78, 5) is 1.56. The third kappa shape index (κ3) is 7.55. The zero-order valence-electron chi connectivity index (χ0n) is 30.3. The van der Waals surface area contributed by atoms with E-state index in [0.29, 0.717) is 74.8 Å². The number of sulfonamides is 1. The molecule has 0 spiro atoms. The topological polar surface area (TPSA) is 166 Å². The molecule has 0 bridgehead atoms. The largest absolute Gasteiger partial charge is 0.456 e. The fourth-order valence-corrected chi connectivity index (χ4v) is 9.78. The van der Waals surface area contributed by atoms with Crippen LogP contribution in [0.5, 0.6) is 0 Å². The van der Waals surface area contributed by atoms with Gasteiger partial charge in [0.15, 0.2) is 0 Å². The van der Waals surface area contributed by atoms with Crippen LogP contribution >= 0.6 is 0 Å². The summed E-state index contributed by atoms with van der Waals surface area (Å²) in [5.41, 5.74) is 4.27. The minimum atomic E-state index is -4.37. The lowest BCUT2D eigenvalue weighted by Crippen LogP contribution is -2.38. The van der Waals surface area contributed by atoms with Crippen molar-refractivity contribution in [2.24, 2.45) is 5.92 Å². The van der Waals surface area contributed by atoms with E-state index in [1.165, 1.54) is 24.3 Å². The average Bonchev–Trinajstić information content (AvgIpc) is 3.18. The van der Waals surface area contributed by atoms with E-state index in [1.54, 1.807) is 54.8 Å². The van der Waals surface area contributed by atoms with Gasteiger partial charge in [-0.3, -0.25) is 9.11 Å². The van der Waals surface area contributed by atoms with E-state index in [0.717, 1.165) is 19.3 Å². The van der Waals surface area contributed by atoms with Crippen LogP contribution in [0.2, 0.25) is 0 Å². The molecular weight excluding hydrogens is 763 g/mol. The fraction of sp³-hybridized carbons (Fsp3) is 0.225. The Labute approximate surface area is 320 Å². The van der Waals surface area contributed by atoms with Gasteiger partial charge in [0.2, 0.25) is 21.1 Å². The first-order valence-electron chi connectivity index (χ1n) is 17.6. The molecule has 1 aliphatic carbocycles. The van der Waals surface area contributed by atoms with E-state index in [9.17, 15) is 34.4 Å². The Morgan fingerprint density at radius 1 is 0.745 bits per heavy atom. The smallest absolute Gasteiger partial charge is 0.294 e. The van der Waals surface area contributed by atoms with E-state index < -0.39 is 30.3 Å². The maximum Gasteiger partial charge on any atom is 0.294 e. The van der Waals surface area contributed by atoms with Crippen LogP contribution in [0.1, 0.15) is 26.2 Å². The number of fused-ring (bicyclic) bond motifs is 2. The van der Waals surface area contributed by atoms with Crippen molar-refractivity contribution in [3.63, 3.8) is 0 Å². The van der Waals surface area contributed by atoms with Gasteiger partial charge in [-0.25, -0.2) is 8.42 Å². The van der Waals surface area contributed by atoms with Crippen LogP contribution in [0.3, 0.4) is 0 Å². The second kappa shape index (κ2) is 14.6. The van der Waals surface area contributed by atoms with Gasteiger partial charge in [0.1, 0.15) is 18.4 Å². The molecule has 12 nitrogen and oxygen atoms in total. The Bertz CT molecular complexity index is 2790. The van der Waals surface area contributed by atoms with Gasteiger partial charge in [0.05, 0.1) is 20.8 Å². The highest BCUT2D eigenvalue weighted by Crippen LogP contribution is 2.44. The molecule has 0 unspecified atom stereocenters. The summed E-state index contributed by atoms with van der Waals surface area (Å²) < 4.78 is 104. The number of hydrogen-bond acceptors (Lipinski definition) is 8. The minimum absolute atomic E-state index is 0.194. The molecule has 4 aromatic carbocycles. The molecule has 2 aliphatic heterocycles. The standard InChI is InChI=1S/C40H39N3O9S3/c1-4-27-21-23-43(24-22-27)53(44,45)39-8-6-5-7-36(39)40-34-19-13-30(41(2)28-9-15-32(16-10-28)54(46,47)48)25-37(34)52-38-26-31(14-20-35(38)40)42(3)29-11-17-33(18-12-29)55(49,50)51/h5-20,25-27H,4,21-24H2,1-3H3,(H-,46,47,48,49,50,51)/p+1. The van der Waals surface area contributed by atoms with Crippen molar-refractivity contribution in [1.82, 2.24) is 8.88 Å². The molecule has 2 N–H and O–H groups in total. The van der Waals surface area contributed by atoms with Crippen molar-refractivity contribution >= 4 is 58.3 Å². The molecule has 7 rings (SSSR count). The van der Waals surface area contributed by atoms with Crippen molar-refractivity contribution in [2.45, 2.75) is 40.9 Å². The first-order valence-corrected chi connectivity index (χ1v) is 21.9. The zero-order valence-corrected chi connectivity index (χ0v) is 32.8. The van der Waals surface area contributed by atoms with Crippen LogP contribution < -0.4 is 14.8 Å². The molecule has 1 fully saturated rings. The predicted octanol–water partition coefficient (Wildman–Crippen LogP) is 7.01. The zero-order chi connectivity index (χ0) is 39.3. The number of hydrogen-bond donors (Lipinski definition) is 2. The van der Waals surface area contributed by atoms with E-state index >= 15 is 0 Å². The first-order chi connectivity index (χ1) is 26.1. The molecule has 2 heterocycles. The molecule has 0 aromatic heterocycles. The van der Waals surface area contributed by atoms with E-state index in [-0.39, 0.29) is 14.7 Å². The van der Waals surface area contributed by atoms with E-state index in [2.05, 4.69) is 6.92 Å². The van der Waals surface area contributed by atoms with Crippen LogP contribution in [-0.4, -0.2) is 65.8 Å². The Hall–Kier alpha value is -4.90. The minimum Gasteiger partial charge on any atom is -0.456 e. The van der Waals surface area contributed by atoms with Crippen LogP contribution in [0.4, 0.5) is 17.1 Å². The van der Waals surface area contributed by atoms with Gasteiger partial charge < -0.3 is 9.32 Å². The summed E-state index contributed by atoms with van der Waals surface area (Å²) in [6, 6.07) is 29.7. The fourth-order valence-electron chi connectivity index (χ4n) is 7.15. The second-order valence-electron chi connectivity index (χ2n) is 13.6. The maximum atomic E-state index is 14.4. The maximum absolute atomic E-state index is 14.4. The molecule has 0 amide bonds. The molecule has 0 saturated carbocycles. The lowest BCUT2D eigenvalue weighted by molar-refractivity contribution is 0.269. The summed E-state index contributed by atoms with van der Waals surface area (Å²) in [5, 5.41) is 1.36. The number of nitrogens with zero attached hydrogens (tertiary/aromatic N) is 3. The molecule has 4 aromatic rings. The summed E-state index contributed by atoms with van der Waals surface area (Å²) in [6.45, 7) is 3.03. The number of anilines is 2. The van der Waals surface area contributed by atoms with Gasteiger partial charge in [-0.1, -0.05) is 31.5 Å². The van der Waals surface area contributed by atoms with Crippen molar-refractivity contribution in [3.05, 3.63) is 115 Å². The second-order valence-corrected chi connectivity index (χ2v) is 18.4. The Morgan fingerprint density at radius 2 is 1.35 bits per heavy atom. The highest BCUT2D eigenvalue weighted by molar-refractivity contribution is 7.89. The van der Waals surface area contributed by atoms with Crippen molar-refractivity contribution in [1.29, 1.82) is 0 Å². The Morgan fingerprint density at radius 3 is 1.96 bits per heavy atom. The van der Waals surface area contributed by atoms with Crippen LogP contribution in [-0.2, 0) is 30.3 Å². The summed E-state index contributed by atoms with van der Waals surface area (Å²) in [7, 11) is -9.02. The number of rotatable bonds is 9. The monoisotopic (exact) mass is 802 g/mol. The van der Waals surface area contributed by atoms with Crippen molar-refractivity contribution < 1.29 is 38.8 Å². The first kappa shape index (κ1) is 38.4. The van der Waals surface area contributed by atoms with E-state index in [1.807, 2.05) is 58.0 Å². The molecule has 286 valence electrons. The third-order valence-electron chi connectivity index (χ3n) is 10.4. The van der Waals surface area contributed by atoms with Crippen molar-refractivity contribution in [3.8, 4) is 22.5 Å². The lowest BCUT2D eigenvalue weighted by atomic mass is 9.93. The SMILES string of the molecule is CCC1CCN(S(=O)(=O)c2ccccc2-c2c3ccc(=[N+](C)c4ccc(S(=O)(=O)O)cc4)cc-3oc3cc(N(C)c4ccc(S(=O)(=O)O)cc4)ccc23)CC1. The molecule has 0 radical (unpaired) electrons. The van der Waals surface area contributed by atoms with Crippen LogP contribution in [0.15, 0.2) is 128 Å². The molecular formula is C40H40N3O9S3+. The highest BCUT2D eigenvalue weighted by Gasteiger charge is 2.32. The van der Waals surface area contributed by atoms with Crippen LogP contribution in [0.25, 0.3) is 33.4 Å². The molecule has 1 saturated heterocycles. The highest BCUT2D eigenvalue weighted by atomic mass is 32.2. The van der Waals surface area contributed by atoms with Crippen molar-refractivity contribution in [2.75, 3.05) is 32.1 Å². The summed E-state index contributed by atoms with van der Waals surface area (Å²) in [5.74, 6) is 0.945. The Balaban J connectivity index is 1.43. The summed E-state index contributed by atoms with van der Waals surface area (Å²) >= 11 is 0. The molecule has 15 heteroatoms. The van der Waals surface area contributed by atoms with Gasteiger partial charge in [-0.05, 0) is 79.4 Å². The summed E-state index contributed by atoms with van der Waals surface area (Å²) in [6.07, 6.45) is 2.62. The van der Waals surface area contributed by atoms with Gasteiger partial charge in [-0.2, -0.15) is 25.7 Å². The average molecular weight is 803 g/mol. The molecule has 3 aliphatic rings. The van der Waals surface area contributed by atoms with Gasteiger partial charge >= 0.3 is 0 Å². The van der Waals surface area contributed by atoms with Crippen LogP contribution in [0, 0.1) is 5.92 Å². The Kier molecular flexibility index (Phi) is 10.2. The normalized spacial score (nSPS) is 15.4. The van der Waals surface area contributed by atoms with Gasteiger partial charge in [-0.15, -0.1) is 0 Å². The quantitative estimate of drug-likeness (QED) is 0.0883. The van der Waals surface area contributed by atoms with Gasteiger partial charge in [0, 0.05) is 77.9 Å². The third-order valence-corrected chi connectivity index (χ3v) is 14.1. The van der Waals surface area contributed by atoms with Gasteiger partial charge in [0.25, 0.3) is 20.2 Å². The number of piperidine rings is 1.